The molecule has 12 heteroatoms. The minimum atomic E-state index is -4.70. The summed E-state index contributed by atoms with van der Waals surface area (Å²) in [5.41, 5.74) is -2.95. The SMILES string of the molecule is C[C@H]1C[C@@]2(CCN1C(=O)OC(C)(C)C)N=C(c1ccc(C(F)(F)F)nc1-c1ccc(F)s1)NC2=O. The fourth-order valence-electron chi connectivity index (χ4n) is 4.21. The van der Waals surface area contributed by atoms with Gasteiger partial charge in [0.1, 0.15) is 22.7 Å². The molecule has 0 saturated carbocycles. The number of rotatable bonds is 2. The number of hydrogen-bond donors (Lipinski definition) is 1. The summed E-state index contributed by atoms with van der Waals surface area (Å²) in [4.78, 5) is 35.6. The molecule has 4 heterocycles. The van der Waals surface area contributed by atoms with E-state index in [4.69, 9.17) is 4.74 Å². The van der Waals surface area contributed by atoms with Crippen molar-refractivity contribution in [3.8, 4) is 10.6 Å². The Morgan fingerprint density at radius 2 is 1.94 bits per heavy atom. The van der Waals surface area contributed by atoms with Crippen LogP contribution in [-0.2, 0) is 15.7 Å². The van der Waals surface area contributed by atoms with Crippen molar-refractivity contribution in [2.75, 3.05) is 6.54 Å². The van der Waals surface area contributed by atoms with Gasteiger partial charge in [-0.15, -0.1) is 11.3 Å². The Morgan fingerprint density at radius 3 is 2.51 bits per heavy atom. The second-order valence-electron chi connectivity index (χ2n) is 9.62. The van der Waals surface area contributed by atoms with Gasteiger partial charge < -0.3 is 15.0 Å². The van der Waals surface area contributed by atoms with Crippen LogP contribution in [0.5, 0.6) is 0 Å². The van der Waals surface area contributed by atoms with E-state index in [9.17, 15) is 27.2 Å². The third kappa shape index (κ3) is 5.02. The molecule has 2 atom stereocenters. The summed E-state index contributed by atoms with van der Waals surface area (Å²) in [6.07, 6.45) is -4.77. The van der Waals surface area contributed by atoms with Crippen LogP contribution in [0, 0.1) is 5.13 Å². The predicted octanol–water partition coefficient (Wildman–Crippen LogP) is 5.00. The van der Waals surface area contributed by atoms with Crippen LogP contribution in [0.1, 0.15) is 51.8 Å². The van der Waals surface area contributed by atoms with Crippen LogP contribution in [-0.4, -0.2) is 51.4 Å². The van der Waals surface area contributed by atoms with Gasteiger partial charge in [0.2, 0.25) is 0 Å². The molecule has 7 nitrogen and oxygen atoms in total. The Labute approximate surface area is 203 Å². The van der Waals surface area contributed by atoms with Crippen LogP contribution in [0.2, 0.25) is 0 Å². The Morgan fingerprint density at radius 1 is 1.23 bits per heavy atom. The average Bonchev–Trinajstić information content (AvgIpc) is 3.29. The number of hydrogen-bond acceptors (Lipinski definition) is 6. The van der Waals surface area contributed by atoms with Crippen LogP contribution < -0.4 is 5.32 Å². The number of halogens is 4. The van der Waals surface area contributed by atoms with Crippen LogP contribution in [0.25, 0.3) is 10.6 Å². The van der Waals surface area contributed by atoms with Gasteiger partial charge in [0.25, 0.3) is 5.91 Å². The van der Waals surface area contributed by atoms with E-state index in [1.807, 2.05) is 0 Å². The Bertz CT molecular complexity index is 1200. The third-order valence-electron chi connectivity index (χ3n) is 5.79. The summed E-state index contributed by atoms with van der Waals surface area (Å²) in [5, 5.41) is 2.09. The average molecular weight is 513 g/mol. The normalized spacial score (nSPS) is 22.9. The minimum absolute atomic E-state index is 0.0675. The molecular weight excluding hydrogens is 488 g/mol. The van der Waals surface area contributed by atoms with E-state index in [-0.39, 0.29) is 47.4 Å². The Kier molecular flexibility index (Phi) is 6.15. The fourth-order valence-corrected chi connectivity index (χ4v) is 4.94. The number of carbonyl (C=O) groups excluding carboxylic acids is 2. The topological polar surface area (TPSA) is 83.9 Å². The van der Waals surface area contributed by atoms with E-state index in [2.05, 4.69) is 15.3 Å². The molecule has 0 aliphatic carbocycles. The Balaban J connectivity index is 1.67. The molecule has 1 saturated heterocycles. The smallest absolute Gasteiger partial charge is 0.433 e. The number of ether oxygens (including phenoxy) is 1. The van der Waals surface area contributed by atoms with E-state index < -0.39 is 40.1 Å². The molecule has 0 radical (unpaired) electrons. The van der Waals surface area contributed by atoms with Crippen molar-refractivity contribution in [2.24, 2.45) is 4.99 Å². The van der Waals surface area contributed by atoms with Crippen molar-refractivity contribution in [3.05, 3.63) is 40.7 Å². The van der Waals surface area contributed by atoms with E-state index >= 15 is 0 Å². The van der Waals surface area contributed by atoms with Gasteiger partial charge in [-0.2, -0.15) is 17.6 Å². The minimum Gasteiger partial charge on any atom is -0.444 e. The standard InChI is InChI=1S/C23H24F4N4O3S/c1-12-11-22(9-10-31(12)20(33)34-21(2,3)4)19(32)29-18(30-22)13-5-7-15(23(25,26)27)28-17(13)14-6-8-16(24)35-14/h5-8,12H,9-11H2,1-4H3,(H,29,30,32)/t12-,22+/m0/s1. The first kappa shape index (κ1) is 25.1. The molecule has 2 aliphatic rings. The molecule has 35 heavy (non-hydrogen) atoms. The number of aliphatic imine (C=N–C) groups is 1. The van der Waals surface area contributed by atoms with Crippen molar-refractivity contribution in [3.63, 3.8) is 0 Å². The monoisotopic (exact) mass is 512 g/mol. The molecule has 188 valence electrons. The zero-order valence-corrected chi connectivity index (χ0v) is 20.3. The number of alkyl halides is 3. The van der Waals surface area contributed by atoms with Crippen molar-refractivity contribution in [1.29, 1.82) is 0 Å². The molecule has 0 unspecified atom stereocenters. The summed E-state index contributed by atoms with van der Waals surface area (Å²) in [7, 11) is 0. The molecule has 2 amide bonds. The molecule has 1 spiro atoms. The van der Waals surface area contributed by atoms with Crippen LogP contribution in [0.15, 0.2) is 29.3 Å². The number of amidine groups is 1. The molecular formula is C23H24F4N4O3S. The maximum atomic E-state index is 13.7. The van der Waals surface area contributed by atoms with Gasteiger partial charge in [-0.05, 0) is 58.4 Å². The maximum Gasteiger partial charge on any atom is 0.433 e. The predicted molar refractivity (Wildman–Crippen MR) is 122 cm³/mol. The molecule has 1 fully saturated rings. The van der Waals surface area contributed by atoms with Gasteiger partial charge in [-0.25, -0.2) is 9.78 Å². The quantitative estimate of drug-likeness (QED) is 0.574. The first-order valence-electron chi connectivity index (χ1n) is 10.9. The lowest BCUT2D eigenvalue weighted by atomic mass is 9.84. The number of thiophene rings is 1. The zero-order valence-electron chi connectivity index (χ0n) is 19.5. The number of amides is 2. The number of likely N-dealkylation sites (tertiary alicyclic amines) is 1. The number of carbonyl (C=O) groups is 2. The summed E-state index contributed by atoms with van der Waals surface area (Å²) < 4.78 is 59.1. The summed E-state index contributed by atoms with van der Waals surface area (Å²) in [5.74, 6) is -0.343. The fraction of sp³-hybridized carbons (Fsp3) is 0.478. The summed E-state index contributed by atoms with van der Waals surface area (Å²) in [6.45, 7) is 7.28. The summed E-state index contributed by atoms with van der Waals surface area (Å²) >= 11 is 0.647. The highest BCUT2D eigenvalue weighted by Gasteiger charge is 2.50. The molecule has 1 N–H and O–H groups in total. The number of nitrogens with one attached hydrogen (secondary N) is 1. The van der Waals surface area contributed by atoms with Crippen LogP contribution in [0.4, 0.5) is 22.4 Å². The van der Waals surface area contributed by atoms with Crippen molar-refractivity contribution in [2.45, 2.75) is 63.9 Å². The van der Waals surface area contributed by atoms with Crippen molar-refractivity contribution >= 4 is 29.2 Å². The highest BCUT2D eigenvalue weighted by molar-refractivity contribution is 7.13. The van der Waals surface area contributed by atoms with Gasteiger partial charge in [-0.3, -0.25) is 9.79 Å². The second kappa shape index (κ2) is 8.58. The van der Waals surface area contributed by atoms with Gasteiger partial charge in [0, 0.05) is 24.6 Å². The first-order valence-corrected chi connectivity index (χ1v) is 11.8. The van der Waals surface area contributed by atoms with Gasteiger partial charge >= 0.3 is 12.3 Å². The molecule has 0 bridgehead atoms. The number of piperidine rings is 1. The lowest BCUT2D eigenvalue weighted by Crippen LogP contribution is -2.55. The van der Waals surface area contributed by atoms with Crippen molar-refractivity contribution in [1.82, 2.24) is 15.2 Å². The molecule has 4 rings (SSSR count). The first-order chi connectivity index (χ1) is 16.2. The maximum absolute atomic E-state index is 13.7. The van der Waals surface area contributed by atoms with Crippen LogP contribution in [0.3, 0.4) is 0 Å². The third-order valence-corrected chi connectivity index (χ3v) is 6.67. The van der Waals surface area contributed by atoms with E-state index in [1.165, 1.54) is 17.0 Å². The number of nitrogens with zero attached hydrogens (tertiary/aromatic N) is 3. The highest BCUT2D eigenvalue weighted by atomic mass is 32.1. The lowest BCUT2D eigenvalue weighted by Gasteiger charge is -2.40. The van der Waals surface area contributed by atoms with Crippen molar-refractivity contribution < 1.29 is 31.9 Å². The van der Waals surface area contributed by atoms with E-state index in [0.29, 0.717) is 11.3 Å². The largest absolute Gasteiger partial charge is 0.444 e. The number of pyridine rings is 1. The Hall–Kier alpha value is -3.02. The summed E-state index contributed by atoms with van der Waals surface area (Å²) in [6, 6.07) is 4.08. The zero-order chi connectivity index (χ0) is 25.8. The van der Waals surface area contributed by atoms with Gasteiger partial charge in [-0.1, -0.05) is 0 Å². The molecule has 2 aromatic heterocycles. The van der Waals surface area contributed by atoms with E-state index in [0.717, 1.165) is 12.1 Å². The highest BCUT2D eigenvalue weighted by Crippen LogP contribution is 2.38. The molecule has 2 aromatic rings. The van der Waals surface area contributed by atoms with E-state index in [1.54, 1.807) is 27.7 Å². The van der Waals surface area contributed by atoms with Crippen LogP contribution >= 0.6 is 11.3 Å². The van der Waals surface area contributed by atoms with Gasteiger partial charge in [0.05, 0.1) is 10.6 Å². The van der Waals surface area contributed by atoms with Gasteiger partial charge in [0.15, 0.2) is 5.13 Å². The molecule has 2 aliphatic heterocycles. The number of aromatic nitrogens is 1. The lowest BCUT2D eigenvalue weighted by molar-refractivity contribution is -0.141. The molecule has 0 aromatic carbocycles. The second-order valence-corrected chi connectivity index (χ2v) is 10.7.